The number of nitrogens with zero attached hydrogens (tertiary/aromatic N) is 1. The van der Waals surface area contributed by atoms with E-state index in [4.69, 9.17) is 4.42 Å². The fourth-order valence-electron chi connectivity index (χ4n) is 1.92. The van der Waals surface area contributed by atoms with E-state index in [1.165, 1.54) is 0 Å². The number of hydrogen-bond acceptors (Lipinski definition) is 2. The quantitative estimate of drug-likeness (QED) is 0.748. The molecule has 3 rings (SSSR count). The number of nitrogens with one attached hydrogen (secondary N) is 1. The molecule has 0 saturated carbocycles. The number of carbonyl (C=O) groups excluding carboxylic acids is 1. The van der Waals surface area contributed by atoms with Crippen LogP contribution in [0.15, 0.2) is 59.3 Å². The first-order valence-electron chi connectivity index (χ1n) is 5.71. The number of para-hydroxylation sites is 1. The molecule has 4 nitrogen and oxygen atoms in total. The average molecular weight is 240 g/mol. The number of rotatable bonds is 2. The Labute approximate surface area is 104 Å². The SMILES string of the molecule is O=C(NCc1ccco1)n1ccc2ccccc21. The highest BCUT2D eigenvalue weighted by Crippen LogP contribution is 2.14. The van der Waals surface area contributed by atoms with E-state index < -0.39 is 0 Å². The molecule has 0 atom stereocenters. The van der Waals surface area contributed by atoms with Crippen molar-refractivity contribution in [3.63, 3.8) is 0 Å². The monoisotopic (exact) mass is 240 g/mol. The van der Waals surface area contributed by atoms with Crippen LogP contribution >= 0.6 is 0 Å². The van der Waals surface area contributed by atoms with Crippen molar-refractivity contribution in [2.75, 3.05) is 0 Å². The van der Waals surface area contributed by atoms with Crippen molar-refractivity contribution in [2.24, 2.45) is 0 Å². The molecular weight excluding hydrogens is 228 g/mol. The maximum Gasteiger partial charge on any atom is 0.326 e. The van der Waals surface area contributed by atoms with Gasteiger partial charge in [-0.1, -0.05) is 18.2 Å². The van der Waals surface area contributed by atoms with Crippen LogP contribution in [-0.4, -0.2) is 10.6 Å². The van der Waals surface area contributed by atoms with E-state index in [-0.39, 0.29) is 6.03 Å². The molecule has 1 aromatic carbocycles. The zero-order valence-corrected chi connectivity index (χ0v) is 9.67. The normalized spacial score (nSPS) is 10.7. The minimum absolute atomic E-state index is 0.160. The average Bonchev–Trinajstić information content (AvgIpc) is 3.05. The van der Waals surface area contributed by atoms with Crippen LogP contribution in [0.2, 0.25) is 0 Å². The van der Waals surface area contributed by atoms with Gasteiger partial charge in [0.05, 0.1) is 18.3 Å². The number of carbonyl (C=O) groups is 1. The van der Waals surface area contributed by atoms with E-state index >= 15 is 0 Å². The van der Waals surface area contributed by atoms with Crippen LogP contribution in [0.1, 0.15) is 5.76 Å². The number of amides is 1. The fourth-order valence-corrected chi connectivity index (χ4v) is 1.92. The van der Waals surface area contributed by atoms with Crippen molar-refractivity contribution in [1.82, 2.24) is 9.88 Å². The fraction of sp³-hybridized carbons (Fsp3) is 0.0714. The smallest absolute Gasteiger partial charge is 0.326 e. The van der Waals surface area contributed by atoms with Crippen molar-refractivity contribution in [3.05, 3.63) is 60.7 Å². The van der Waals surface area contributed by atoms with Crippen LogP contribution in [0.5, 0.6) is 0 Å². The third-order valence-corrected chi connectivity index (χ3v) is 2.81. The van der Waals surface area contributed by atoms with Crippen molar-refractivity contribution in [1.29, 1.82) is 0 Å². The molecule has 1 N–H and O–H groups in total. The van der Waals surface area contributed by atoms with Gasteiger partial charge in [0.25, 0.3) is 0 Å². The van der Waals surface area contributed by atoms with Gasteiger partial charge in [0, 0.05) is 11.6 Å². The minimum Gasteiger partial charge on any atom is -0.467 e. The number of furan rings is 1. The van der Waals surface area contributed by atoms with E-state index in [2.05, 4.69) is 5.32 Å². The zero-order chi connectivity index (χ0) is 12.4. The molecule has 4 heteroatoms. The molecule has 90 valence electrons. The Kier molecular flexibility index (Phi) is 2.61. The van der Waals surface area contributed by atoms with Gasteiger partial charge in [0.2, 0.25) is 0 Å². The van der Waals surface area contributed by atoms with Crippen LogP contribution in [0.25, 0.3) is 10.9 Å². The first-order valence-corrected chi connectivity index (χ1v) is 5.71. The Balaban J connectivity index is 1.80. The Morgan fingerprint density at radius 1 is 1.17 bits per heavy atom. The zero-order valence-electron chi connectivity index (χ0n) is 9.67. The van der Waals surface area contributed by atoms with Gasteiger partial charge < -0.3 is 9.73 Å². The number of fused-ring (bicyclic) bond motifs is 1. The summed E-state index contributed by atoms with van der Waals surface area (Å²) >= 11 is 0. The third-order valence-electron chi connectivity index (χ3n) is 2.81. The highest BCUT2D eigenvalue weighted by Gasteiger charge is 2.08. The topological polar surface area (TPSA) is 47.2 Å². The number of benzene rings is 1. The molecule has 0 unspecified atom stereocenters. The van der Waals surface area contributed by atoms with Gasteiger partial charge in [0.1, 0.15) is 5.76 Å². The van der Waals surface area contributed by atoms with E-state index in [0.29, 0.717) is 6.54 Å². The highest BCUT2D eigenvalue weighted by molar-refractivity contribution is 5.91. The molecule has 3 aromatic rings. The molecule has 18 heavy (non-hydrogen) atoms. The summed E-state index contributed by atoms with van der Waals surface area (Å²) in [4.78, 5) is 12.0. The molecule has 0 fully saturated rings. The van der Waals surface area contributed by atoms with Gasteiger partial charge in [-0.25, -0.2) is 4.79 Å². The van der Waals surface area contributed by atoms with E-state index in [9.17, 15) is 4.79 Å². The largest absolute Gasteiger partial charge is 0.467 e. The summed E-state index contributed by atoms with van der Waals surface area (Å²) in [6.45, 7) is 0.387. The van der Waals surface area contributed by atoms with Gasteiger partial charge in [-0.05, 0) is 24.3 Å². The predicted octanol–water partition coefficient (Wildman–Crippen LogP) is 2.99. The highest BCUT2D eigenvalue weighted by atomic mass is 16.3. The van der Waals surface area contributed by atoms with Gasteiger partial charge in [0.15, 0.2) is 0 Å². The molecule has 0 spiro atoms. The number of hydrogen-bond donors (Lipinski definition) is 1. The van der Waals surface area contributed by atoms with Crippen LogP contribution in [-0.2, 0) is 6.54 Å². The summed E-state index contributed by atoms with van der Waals surface area (Å²) in [6, 6.07) is 13.1. The summed E-state index contributed by atoms with van der Waals surface area (Å²) in [5, 5.41) is 3.86. The molecule has 0 aliphatic carbocycles. The second-order valence-electron chi connectivity index (χ2n) is 3.98. The van der Waals surface area contributed by atoms with Crippen molar-refractivity contribution >= 4 is 16.9 Å². The lowest BCUT2D eigenvalue weighted by molar-refractivity contribution is 0.242. The lowest BCUT2D eigenvalue weighted by atomic mass is 10.2. The second-order valence-corrected chi connectivity index (χ2v) is 3.98. The van der Waals surface area contributed by atoms with Crippen LogP contribution in [0, 0.1) is 0 Å². The van der Waals surface area contributed by atoms with Crippen LogP contribution < -0.4 is 5.32 Å². The Bertz CT molecular complexity index is 668. The van der Waals surface area contributed by atoms with E-state index in [1.54, 1.807) is 23.1 Å². The lowest BCUT2D eigenvalue weighted by Crippen LogP contribution is -2.27. The summed E-state index contributed by atoms with van der Waals surface area (Å²) in [6.07, 6.45) is 3.36. The first kappa shape index (κ1) is 10.7. The standard InChI is InChI=1S/C14H12N2O2/c17-14(15-10-12-5-3-9-18-12)16-8-7-11-4-1-2-6-13(11)16/h1-9H,10H2,(H,15,17). The van der Waals surface area contributed by atoms with Crippen molar-refractivity contribution in [3.8, 4) is 0 Å². The third kappa shape index (κ3) is 1.88. The van der Waals surface area contributed by atoms with Gasteiger partial charge in [-0.15, -0.1) is 0 Å². The van der Waals surface area contributed by atoms with Crippen molar-refractivity contribution in [2.45, 2.75) is 6.54 Å². The summed E-state index contributed by atoms with van der Waals surface area (Å²) < 4.78 is 6.76. The molecule has 0 bridgehead atoms. The molecule has 2 aromatic heterocycles. The van der Waals surface area contributed by atoms with Crippen molar-refractivity contribution < 1.29 is 9.21 Å². The predicted molar refractivity (Wildman–Crippen MR) is 68.3 cm³/mol. The molecule has 0 aliphatic heterocycles. The molecule has 1 amide bonds. The van der Waals surface area contributed by atoms with E-state index in [1.807, 2.05) is 36.4 Å². The minimum atomic E-state index is -0.160. The Morgan fingerprint density at radius 3 is 2.89 bits per heavy atom. The van der Waals surface area contributed by atoms with Crippen LogP contribution in [0.3, 0.4) is 0 Å². The van der Waals surface area contributed by atoms with Crippen LogP contribution in [0.4, 0.5) is 4.79 Å². The molecular formula is C14H12N2O2. The van der Waals surface area contributed by atoms with E-state index in [0.717, 1.165) is 16.7 Å². The molecule has 0 radical (unpaired) electrons. The molecule has 0 saturated heterocycles. The molecule has 0 aliphatic rings. The maximum atomic E-state index is 12.0. The lowest BCUT2D eigenvalue weighted by Gasteiger charge is -2.05. The summed E-state index contributed by atoms with van der Waals surface area (Å²) in [5.74, 6) is 0.736. The maximum absolute atomic E-state index is 12.0. The van der Waals surface area contributed by atoms with Gasteiger partial charge >= 0.3 is 6.03 Å². The van der Waals surface area contributed by atoms with Gasteiger partial charge in [-0.3, -0.25) is 4.57 Å². The summed E-state index contributed by atoms with van der Waals surface area (Å²) in [7, 11) is 0. The second kappa shape index (κ2) is 4.41. The number of aromatic nitrogens is 1. The van der Waals surface area contributed by atoms with Gasteiger partial charge in [-0.2, -0.15) is 0 Å². The molecule has 2 heterocycles. The Morgan fingerprint density at radius 2 is 2.06 bits per heavy atom. The Hall–Kier alpha value is -2.49. The first-order chi connectivity index (χ1) is 8.84. The summed E-state index contributed by atoms with van der Waals surface area (Å²) in [5.41, 5.74) is 0.898.